The van der Waals surface area contributed by atoms with E-state index in [1.165, 1.54) is 25.3 Å². The number of aromatic nitrogens is 1. The summed E-state index contributed by atoms with van der Waals surface area (Å²) in [4.78, 5) is 16.6. The van der Waals surface area contributed by atoms with Gasteiger partial charge in [0.1, 0.15) is 0 Å². The molecule has 31 heavy (non-hydrogen) atoms. The molecule has 0 bridgehead atoms. The van der Waals surface area contributed by atoms with Crippen molar-refractivity contribution < 1.29 is 27.4 Å². The first-order valence-corrected chi connectivity index (χ1v) is 9.88. The van der Waals surface area contributed by atoms with E-state index in [4.69, 9.17) is 9.47 Å². The third-order valence-corrected chi connectivity index (χ3v) is 4.74. The van der Waals surface area contributed by atoms with Gasteiger partial charge in [-0.3, -0.25) is 9.78 Å². The Balaban J connectivity index is 1.80. The van der Waals surface area contributed by atoms with E-state index in [1.807, 2.05) is 0 Å². The number of ether oxygens (including phenoxy) is 2. The van der Waals surface area contributed by atoms with E-state index >= 15 is 0 Å². The van der Waals surface area contributed by atoms with Gasteiger partial charge in [0.05, 0.1) is 30.4 Å². The number of unbranched alkanes of at least 4 members (excludes halogenated alkanes) is 1. The summed E-state index contributed by atoms with van der Waals surface area (Å²) in [7, 11) is 1.50. The molecule has 0 radical (unpaired) electrons. The fourth-order valence-electron chi connectivity index (χ4n) is 3.16. The number of alkyl halides is 3. The molecule has 0 aliphatic heterocycles. The van der Waals surface area contributed by atoms with Crippen molar-refractivity contribution in [3.05, 3.63) is 65.4 Å². The van der Waals surface area contributed by atoms with Crippen LogP contribution in [0.4, 0.5) is 13.2 Å². The number of hydrogen-bond acceptors (Lipinski definition) is 4. The minimum absolute atomic E-state index is 0.0224. The Bertz CT molecular complexity index is 1070. The molecule has 0 aliphatic carbocycles. The van der Waals surface area contributed by atoms with Crippen molar-refractivity contribution in [3.63, 3.8) is 0 Å². The Kier molecular flexibility index (Phi) is 6.99. The maximum absolute atomic E-state index is 13.7. The van der Waals surface area contributed by atoms with E-state index in [0.29, 0.717) is 23.7 Å². The van der Waals surface area contributed by atoms with Crippen LogP contribution in [0, 0.1) is 0 Å². The molecule has 0 fully saturated rings. The second-order valence-corrected chi connectivity index (χ2v) is 6.93. The molecule has 0 aliphatic rings. The van der Waals surface area contributed by atoms with Gasteiger partial charge in [-0.05, 0) is 30.2 Å². The number of para-hydroxylation sites is 1. The SMILES string of the molecule is CCCCOc1ccc(CNC(=O)c2cnc3ccccc3c2C(F)(F)F)cc1OC. The van der Waals surface area contributed by atoms with Crippen molar-refractivity contribution in [2.45, 2.75) is 32.5 Å². The van der Waals surface area contributed by atoms with Crippen LogP contribution in [0.3, 0.4) is 0 Å². The zero-order chi connectivity index (χ0) is 22.4. The van der Waals surface area contributed by atoms with Crippen molar-refractivity contribution in [2.75, 3.05) is 13.7 Å². The van der Waals surface area contributed by atoms with Gasteiger partial charge in [0.25, 0.3) is 5.91 Å². The summed E-state index contributed by atoms with van der Waals surface area (Å²) in [6.07, 6.45) is -1.83. The monoisotopic (exact) mass is 432 g/mol. The highest BCUT2D eigenvalue weighted by Gasteiger charge is 2.37. The molecule has 1 N–H and O–H groups in total. The minimum atomic E-state index is -4.70. The quantitative estimate of drug-likeness (QED) is 0.486. The third kappa shape index (κ3) is 5.25. The molecule has 3 rings (SSSR count). The van der Waals surface area contributed by atoms with Gasteiger partial charge in [-0.1, -0.05) is 37.6 Å². The highest BCUT2D eigenvalue weighted by molar-refractivity contribution is 6.00. The van der Waals surface area contributed by atoms with Crippen molar-refractivity contribution >= 4 is 16.8 Å². The van der Waals surface area contributed by atoms with Crippen LogP contribution in [0.25, 0.3) is 10.9 Å². The zero-order valence-corrected chi connectivity index (χ0v) is 17.3. The smallest absolute Gasteiger partial charge is 0.417 e. The van der Waals surface area contributed by atoms with Crippen LogP contribution >= 0.6 is 0 Å². The molecular weight excluding hydrogens is 409 g/mol. The van der Waals surface area contributed by atoms with Crippen molar-refractivity contribution in [1.82, 2.24) is 10.3 Å². The number of carbonyl (C=O) groups is 1. The summed E-state index contributed by atoms with van der Waals surface area (Å²) in [6, 6.07) is 11.0. The normalized spacial score (nSPS) is 11.4. The largest absolute Gasteiger partial charge is 0.493 e. The zero-order valence-electron chi connectivity index (χ0n) is 17.3. The number of amides is 1. The first kappa shape index (κ1) is 22.4. The predicted octanol–water partition coefficient (Wildman–Crippen LogP) is 5.37. The molecular formula is C23H23F3N2O3. The van der Waals surface area contributed by atoms with Gasteiger partial charge in [0.15, 0.2) is 11.5 Å². The Morgan fingerprint density at radius 1 is 1.13 bits per heavy atom. The third-order valence-electron chi connectivity index (χ3n) is 4.74. The molecule has 8 heteroatoms. The Morgan fingerprint density at radius 3 is 2.61 bits per heavy atom. The number of nitrogens with zero attached hydrogens (tertiary/aromatic N) is 1. The standard InChI is InChI=1S/C23H23F3N2O3/c1-3-4-11-31-19-10-9-15(12-20(19)30-2)13-28-22(29)17-14-27-18-8-6-5-7-16(18)21(17)23(24,25)26/h5-10,12,14H,3-4,11,13H2,1-2H3,(H,28,29). The van der Waals surface area contributed by atoms with Gasteiger partial charge in [-0.2, -0.15) is 13.2 Å². The lowest BCUT2D eigenvalue weighted by Crippen LogP contribution is -2.26. The second kappa shape index (κ2) is 9.68. The lowest BCUT2D eigenvalue weighted by molar-refractivity contribution is -0.136. The first-order chi connectivity index (χ1) is 14.8. The topological polar surface area (TPSA) is 60.5 Å². The Morgan fingerprint density at radius 2 is 1.90 bits per heavy atom. The van der Waals surface area contributed by atoms with Crippen LogP contribution in [0.15, 0.2) is 48.7 Å². The number of halogens is 3. The second-order valence-electron chi connectivity index (χ2n) is 6.93. The average Bonchev–Trinajstić information content (AvgIpc) is 2.76. The molecule has 1 heterocycles. The van der Waals surface area contributed by atoms with E-state index < -0.39 is 23.2 Å². The molecule has 0 spiro atoms. The van der Waals surface area contributed by atoms with Crippen LogP contribution in [-0.4, -0.2) is 24.6 Å². The molecule has 1 amide bonds. The molecule has 5 nitrogen and oxygen atoms in total. The Hall–Kier alpha value is -3.29. The lowest BCUT2D eigenvalue weighted by atomic mass is 10.0. The molecule has 2 aromatic carbocycles. The number of rotatable bonds is 8. The lowest BCUT2D eigenvalue weighted by Gasteiger charge is -2.16. The fraction of sp³-hybridized carbons (Fsp3) is 0.304. The van der Waals surface area contributed by atoms with Crippen LogP contribution in [0.5, 0.6) is 11.5 Å². The van der Waals surface area contributed by atoms with Crippen molar-refractivity contribution in [2.24, 2.45) is 0 Å². The molecule has 0 saturated heterocycles. The number of benzene rings is 2. The van der Waals surface area contributed by atoms with E-state index in [9.17, 15) is 18.0 Å². The van der Waals surface area contributed by atoms with E-state index in [-0.39, 0.29) is 17.4 Å². The van der Waals surface area contributed by atoms with E-state index in [0.717, 1.165) is 19.0 Å². The van der Waals surface area contributed by atoms with Crippen molar-refractivity contribution in [3.8, 4) is 11.5 Å². The summed E-state index contributed by atoms with van der Waals surface area (Å²) in [6.45, 7) is 2.63. The van der Waals surface area contributed by atoms with Gasteiger partial charge >= 0.3 is 6.18 Å². The van der Waals surface area contributed by atoms with Gasteiger partial charge in [-0.15, -0.1) is 0 Å². The predicted molar refractivity (Wildman–Crippen MR) is 111 cm³/mol. The summed E-state index contributed by atoms with van der Waals surface area (Å²) in [5, 5.41) is 2.43. The summed E-state index contributed by atoms with van der Waals surface area (Å²) < 4.78 is 52.2. The van der Waals surface area contributed by atoms with E-state index in [1.54, 1.807) is 24.3 Å². The fourth-order valence-corrected chi connectivity index (χ4v) is 3.16. The molecule has 0 atom stereocenters. The number of methoxy groups -OCH3 is 1. The van der Waals surface area contributed by atoms with Crippen molar-refractivity contribution in [1.29, 1.82) is 0 Å². The number of nitrogens with one attached hydrogen (secondary N) is 1. The minimum Gasteiger partial charge on any atom is -0.493 e. The van der Waals surface area contributed by atoms with Crippen LogP contribution in [0.1, 0.15) is 41.3 Å². The summed E-state index contributed by atoms with van der Waals surface area (Å²) >= 11 is 0. The van der Waals surface area contributed by atoms with Gasteiger partial charge in [-0.25, -0.2) is 0 Å². The van der Waals surface area contributed by atoms with Crippen LogP contribution in [0.2, 0.25) is 0 Å². The Labute approximate surface area is 178 Å². The van der Waals surface area contributed by atoms with E-state index in [2.05, 4.69) is 17.2 Å². The maximum Gasteiger partial charge on any atom is 0.417 e. The van der Waals surface area contributed by atoms with Gasteiger partial charge in [0, 0.05) is 18.1 Å². The van der Waals surface area contributed by atoms with Gasteiger partial charge in [0.2, 0.25) is 0 Å². The number of carbonyl (C=O) groups excluding carboxylic acids is 1. The average molecular weight is 432 g/mol. The highest BCUT2D eigenvalue weighted by atomic mass is 19.4. The number of hydrogen-bond donors (Lipinski definition) is 1. The highest BCUT2D eigenvalue weighted by Crippen LogP contribution is 2.36. The summed E-state index contributed by atoms with van der Waals surface area (Å²) in [5.41, 5.74) is -0.671. The molecule has 0 unspecified atom stereocenters. The molecule has 3 aromatic rings. The van der Waals surface area contributed by atoms with Gasteiger partial charge < -0.3 is 14.8 Å². The van der Waals surface area contributed by atoms with Crippen LogP contribution < -0.4 is 14.8 Å². The number of pyridine rings is 1. The van der Waals surface area contributed by atoms with Crippen LogP contribution in [-0.2, 0) is 12.7 Å². The summed E-state index contributed by atoms with van der Waals surface area (Å²) in [5.74, 6) is 0.211. The first-order valence-electron chi connectivity index (χ1n) is 9.88. The molecule has 1 aromatic heterocycles. The molecule has 0 saturated carbocycles. The molecule has 164 valence electrons. The number of fused-ring (bicyclic) bond motifs is 1. The maximum atomic E-state index is 13.7.